The third-order valence-electron chi connectivity index (χ3n) is 4.87. The molecule has 1 aromatic carbocycles. The molecule has 1 aliphatic carbocycles. The number of hydrogen-bond donors (Lipinski definition) is 2. The number of aromatic nitrogens is 3. The quantitative estimate of drug-likeness (QED) is 0.743. The van der Waals surface area contributed by atoms with E-state index >= 15 is 0 Å². The van der Waals surface area contributed by atoms with Crippen LogP contribution in [0.15, 0.2) is 24.3 Å². The van der Waals surface area contributed by atoms with Crippen molar-refractivity contribution in [1.82, 2.24) is 25.6 Å². The average molecular weight is 357 g/mol. The smallest absolute Gasteiger partial charge is 0.220 e. The lowest BCUT2D eigenvalue weighted by molar-refractivity contribution is -0.126. The van der Waals surface area contributed by atoms with Crippen LogP contribution in [0.3, 0.4) is 0 Å². The summed E-state index contributed by atoms with van der Waals surface area (Å²) in [7, 11) is 0. The Morgan fingerprint density at radius 2 is 1.77 bits per heavy atom. The Morgan fingerprint density at radius 3 is 2.58 bits per heavy atom. The van der Waals surface area contributed by atoms with E-state index in [4.69, 9.17) is 0 Å². The highest BCUT2D eigenvalue weighted by Crippen LogP contribution is 2.17. The van der Waals surface area contributed by atoms with E-state index in [-0.39, 0.29) is 30.7 Å². The van der Waals surface area contributed by atoms with Crippen molar-refractivity contribution in [2.45, 2.75) is 64.0 Å². The van der Waals surface area contributed by atoms with Crippen molar-refractivity contribution < 1.29 is 9.59 Å². The molecule has 0 radical (unpaired) electrons. The summed E-state index contributed by atoms with van der Waals surface area (Å²) < 4.78 is 1.77. The van der Waals surface area contributed by atoms with Gasteiger partial charge in [0.2, 0.25) is 11.8 Å². The molecule has 7 heteroatoms. The number of benzene rings is 1. The van der Waals surface area contributed by atoms with Gasteiger partial charge in [0.1, 0.15) is 5.52 Å². The molecule has 2 N–H and O–H groups in total. The van der Waals surface area contributed by atoms with Crippen molar-refractivity contribution in [3.8, 4) is 0 Å². The fourth-order valence-electron chi connectivity index (χ4n) is 3.42. The van der Waals surface area contributed by atoms with Crippen LogP contribution in [0.4, 0.5) is 0 Å². The molecule has 1 saturated carbocycles. The minimum Gasteiger partial charge on any atom is -0.354 e. The fourth-order valence-corrected chi connectivity index (χ4v) is 3.42. The van der Waals surface area contributed by atoms with Gasteiger partial charge in [0.25, 0.3) is 0 Å². The molecule has 0 saturated heterocycles. The third-order valence-corrected chi connectivity index (χ3v) is 4.87. The number of rotatable bonds is 7. The molecule has 26 heavy (non-hydrogen) atoms. The molecule has 0 spiro atoms. The van der Waals surface area contributed by atoms with Crippen LogP contribution in [0.25, 0.3) is 11.0 Å². The molecule has 7 nitrogen and oxygen atoms in total. The summed E-state index contributed by atoms with van der Waals surface area (Å²) in [6.45, 7) is 1.02. The Morgan fingerprint density at radius 1 is 1.04 bits per heavy atom. The third kappa shape index (κ3) is 5.28. The first-order valence-electron chi connectivity index (χ1n) is 9.56. The van der Waals surface area contributed by atoms with Crippen LogP contribution in [-0.4, -0.2) is 39.4 Å². The van der Waals surface area contributed by atoms with Crippen molar-refractivity contribution in [2.75, 3.05) is 6.54 Å². The zero-order valence-electron chi connectivity index (χ0n) is 15.1. The zero-order chi connectivity index (χ0) is 18.2. The maximum absolute atomic E-state index is 12.0. The van der Waals surface area contributed by atoms with E-state index in [1.807, 2.05) is 24.3 Å². The van der Waals surface area contributed by atoms with Crippen LogP contribution >= 0.6 is 0 Å². The topological polar surface area (TPSA) is 88.9 Å². The summed E-state index contributed by atoms with van der Waals surface area (Å²) in [6.07, 6.45) is 7.47. The molecule has 0 atom stereocenters. The standard InChI is InChI=1S/C19H27N5O2/c25-18(11-12-19(26)21-15-7-3-1-2-4-8-15)20-13-14-24-17-10-6-5-9-16(17)22-23-24/h5-6,9-10,15H,1-4,7-8,11-14H2,(H,20,25)(H,21,26). The number of carbonyl (C=O) groups is 2. The first-order valence-corrected chi connectivity index (χ1v) is 9.56. The summed E-state index contributed by atoms with van der Waals surface area (Å²) >= 11 is 0. The van der Waals surface area contributed by atoms with E-state index in [0.29, 0.717) is 13.1 Å². The van der Waals surface area contributed by atoms with Gasteiger partial charge in [-0.1, -0.05) is 43.0 Å². The van der Waals surface area contributed by atoms with Gasteiger partial charge in [-0.05, 0) is 25.0 Å². The Bertz CT molecular complexity index is 734. The molecule has 3 rings (SSSR count). The lowest BCUT2D eigenvalue weighted by atomic mass is 10.1. The number of nitrogens with zero attached hydrogens (tertiary/aromatic N) is 3. The second kappa shape index (κ2) is 9.31. The van der Waals surface area contributed by atoms with E-state index in [1.54, 1.807) is 4.68 Å². The summed E-state index contributed by atoms with van der Waals surface area (Å²) in [5, 5.41) is 14.1. The van der Waals surface area contributed by atoms with Gasteiger partial charge in [-0.15, -0.1) is 5.10 Å². The fraction of sp³-hybridized carbons (Fsp3) is 0.579. The van der Waals surface area contributed by atoms with Crippen LogP contribution in [0.5, 0.6) is 0 Å². The lowest BCUT2D eigenvalue weighted by Gasteiger charge is -2.16. The maximum atomic E-state index is 12.0. The normalized spacial score (nSPS) is 15.5. The first-order chi connectivity index (χ1) is 12.7. The van der Waals surface area contributed by atoms with Crippen LogP contribution in [0.2, 0.25) is 0 Å². The zero-order valence-corrected chi connectivity index (χ0v) is 15.1. The Labute approximate surface area is 153 Å². The van der Waals surface area contributed by atoms with Crippen molar-refractivity contribution in [1.29, 1.82) is 0 Å². The summed E-state index contributed by atoms with van der Waals surface area (Å²) in [6, 6.07) is 8.00. The molecule has 0 unspecified atom stereocenters. The van der Waals surface area contributed by atoms with Crippen LogP contribution in [-0.2, 0) is 16.1 Å². The average Bonchev–Trinajstić information content (AvgIpc) is 2.88. The molecular weight excluding hydrogens is 330 g/mol. The Hall–Kier alpha value is -2.44. The van der Waals surface area contributed by atoms with Gasteiger partial charge in [-0.2, -0.15) is 0 Å². The van der Waals surface area contributed by atoms with E-state index in [9.17, 15) is 9.59 Å². The Balaban J connectivity index is 1.34. The Kier molecular flexibility index (Phi) is 6.57. The highest BCUT2D eigenvalue weighted by atomic mass is 16.2. The number of hydrogen-bond acceptors (Lipinski definition) is 4. The summed E-state index contributed by atoms with van der Waals surface area (Å²) in [5.41, 5.74) is 1.79. The van der Waals surface area contributed by atoms with Gasteiger partial charge in [0.15, 0.2) is 0 Å². The number of para-hydroxylation sites is 1. The molecule has 2 aromatic rings. The number of fused-ring (bicyclic) bond motifs is 1. The van der Waals surface area contributed by atoms with Gasteiger partial charge in [-0.25, -0.2) is 4.68 Å². The highest BCUT2D eigenvalue weighted by molar-refractivity contribution is 5.83. The highest BCUT2D eigenvalue weighted by Gasteiger charge is 2.15. The van der Waals surface area contributed by atoms with Crippen LogP contribution < -0.4 is 10.6 Å². The molecule has 1 aromatic heterocycles. The van der Waals surface area contributed by atoms with Gasteiger partial charge in [0.05, 0.1) is 12.1 Å². The second-order valence-electron chi connectivity index (χ2n) is 6.91. The van der Waals surface area contributed by atoms with Crippen LogP contribution in [0.1, 0.15) is 51.4 Å². The predicted octanol–water partition coefficient (Wildman–Crippen LogP) is 2.17. The predicted molar refractivity (Wildman–Crippen MR) is 99.4 cm³/mol. The number of amides is 2. The van der Waals surface area contributed by atoms with Crippen molar-refractivity contribution in [3.05, 3.63) is 24.3 Å². The monoisotopic (exact) mass is 357 g/mol. The first kappa shape index (κ1) is 18.4. The molecule has 1 aliphatic rings. The lowest BCUT2D eigenvalue weighted by Crippen LogP contribution is -2.35. The van der Waals surface area contributed by atoms with Crippen molar-refractivity contribution in [2.24, 2.45) is 0 Å². The van der Waals surface area contributed by atoms with Gasteiger partial charge in [0, 0.05) is 25.4 Å². The van der Waals surface area contributed by atoms with E-state index < -0.39 is 0 Å². The molecule has 1 heterocycles. The van der Waals surface area contributed by atoms with E-state index in [1.165, 1.54) is 25.7 Å². The number of nitrogens with one attached hydrogen (secondary N) is 2. The molecule has 140 valence electrons. The molecule has 2 amide bonds. The second-order valence-corrected chi connectivity index (χ2v) is 6.91. The molecule has 0 bridgehead atoms. The summed E-state index contributed by atoms with van der Waals surface area (Å²) in [5.74, 6) is -0.125. The maximum Gasteiger partial charge on any atom is 0.220 e. The van der Waals surface area contributed by atoms with E-state index in [2.05, 4.69) is 20.9 Å². The van der Waals surface area contributed by atoms with E-state index in [0.717, 1.165) is 23.9 Å². The molecular formula is C19H27N5O2. The molecule has 1 fully saturated rings. The van der Waals surface area contributed by atoms with Crippen molar-refractivity contribution >= 4 is 22.8 Å². The largest absolute Gasteiger partial charge is 0.354 e. The van der Waals surface area contributed by atoms with Crippen molar-refractivity contribution in [3.63, 3.8) is 0 Å². The molecule has 0 aliphatic heterocycles. The minimum absolute atomic E-state index is 0.0191. The number of carbonyl (C=O) groups excluding carboxylic acids is 2. The summed E-state index contributed by atoms with van der Waals surface area (Å²) in [4.78, 5) is 24.0. The van der Waals surface area contributed by atoms with Gasteiger partial charge in [-0.3, -0.25) is 9.59 Å². The van der Waals surface area contributed by atoms with Gasteiger partial charge >= 0.3 is 0 Å². The van der Waals surface area contributed by atoms with Gasteiger partial charge < -0.3 is 10.6 Å². The van der Waals surface area contributed by atoms with Crippen LogP contribution in [0, 0.1) is 0 Å². The minimum atomic E-state index is -0.106. The SMILES string of the molecule is O=C(CCC(=O)NC1CCCCCC1)NCCn1nnc2ccccc21.